The van der Waals surface area contributed by atoms with Crippen LogP contribution in [0, 0.1) is 0 Å². The Bertz CT molecular complexity index is 845. The fourth-order valence-corrected chi connectivity index (χ4v) is 2.57. The Morgan fingerprint density at radius 1 is 1.12 bits per heavy atom. The van der Waals surface area contributed by atoms with Crippen LogP contribution in [0.25, 0.3) is 11.1 Å². The number of hydrazone groups is 1. The van der Waals surface area contributed by atoms with Crippen molar-refractivity contribution in [2.75, 3.05) is 0 Å². The minimum Gasteiger partial charge on any atom is -0.508 e. The van der Waals surface area contributed by atoms with Gasteiger partial charge in [0.25, 0.3) is 0 Å². The van der Waals surface area contributed by atoms with E-state index in [9.17, 15) is 23.1 Å². The van der Waals surface area contributed by atoms with Gasteiger partial charge in [-0.15, -0.1) is 0 Å². The topological polar surface area (TPSA) is 70.9 Å². The van der Waals surface area contributed by atoms with Gasteiger partial charge in [-0.1, -0.05) is 24.3 Å². The molecule has 1 amide bonds. The lowest BCUT2D eigenvalue weighted by molar-refractivity contribution is -0.137. The molecular formula is C17H13F3N2O3. The molecule has 0 unspecified atom stereocenters. The van der Waals surface area contributed by atoms with E-state index in [1.807, 2.05) is 0 Å². The maximum atomic E-state index is 13.5. The molecule has 25 heavy (non-hydrogen) atoms. The first kappa shape index (κ1) is 16.8. The zero-order chi connectivity index (χ0) is 18.2. The molecule has 1 aliphatic heterocycles. The minimum absolute atomic E-state index is 0.0229. The van der Waals surface area contributed by atoms with E-state index in [1.165, 1.54) is 43.3 Å². The first-order chi connectivity index (χ1) is 11.8. The Morgan fingerprint density at radius 2 is 1.76 bits per heavy atom. The van der Waals surface area contributed by atoms with Crippen molar-refractivity contribution < 1.29 is 27.8 Å². The Labute approximate surface area is 140 Å². The van der Waals surface area contributed by atoms with Gasteiger partial charge in [0.1, 0.15) is 17.6 Å². The van der Waals surface area contributed by atoms with E-state index in [4.69, 9.17) is 4.74 Å². The van der Waals surface area contributed by atoms with E-state index >= 15 is 0 Å². The van der Waals surface area contributed by atoms with Crippen LogP contribution >= 0.6 is 0 Å². The van der Waals surface area contributed by atoms with Crippen LogP contribution in [0.4, 0.5) is 18.0 Å². The molecule has 0 aromatic heterocycles. The number of amides is 1. The summed E-state index contributed by atoms with van der Waals surface area (Å²) in [6.07, 6.45) is -6.12. The summed E-state index contributed by atoms with van der Waals surface area (Å²) in [6, 6.07) is 9.23. The van der Waals surface area contributed by atoms with Gasteiger partial charge in [0.05, 0.1) is 5.56 Å². The standard InChI is InChI=1S/C17H13F3N2O3/c1-9-15(21-22-16(24)25-9)11-4-7-13(14(8-11)17(18,19)20)10-2-5-12(23)6-3-10/h2-9,23H,1H3,(H,22,24)/t9-/m0/s1. The molecular weight excluding hydrogens is 337 g/mol. The number of phenols is 1. The molecule has 0 spiro atoms. The molecule has 0 aliphatic carbocycles. The number of hydrogen-bond acceptors (Lipinski definition) is 4. The third-order valence-corrected chi connectivity index (χ3v) is 3.74. The molecule has 2 aromatic carbocycles. The number of aromatic hydroxyl groups is 1. The Kier molecular flexibility index (Phi) is 4.12. The molecule has 0 radical (unpaired) electrons. The van der Waals surface area contributed by atoms with Crippen molar-refractivity contribution in [2.24, 2.45) is 5.10 Å². The number of benzene rings is 2. The maximum Gasteiger partial charge on any atom is 0.428 e. The highest BCUT2D eigenvalue weighted by molar-refractivity contribution is 6.06. The summed E-state index contributed by atoms with van der Waals surface area (Å²) in [5.41, 5.74) is 1.93. The lowest BCUT2D eigenvalue weighted by Gasteiger charge is -2.21. The summed E-state index contributed by atoms with van der Waals surface area (Å²) in [4.78, 5) is 11.1. The molecule has 1 aliphatic rings. The molecule has 2 N–H and O–H groups in total. The summed E-state index contributed by atoms with van der Waals surface area (Å²) in [5, 5.41) is 13.1. The Balaban J connectivity index is 2.10. The zero-order valence-corrected chi connectivity index (χ0v) is 13.0. The van der Waals surface area contributed by atoms with E-state index in [-0.39, 0.29) is 22.6 Å². The van der Waals surface area contributed by atoms with Gasteiger partial charge in [0.2, 0.25) is 0 Å². The number of halogens is 3. The first-order valence-electron chi connectivity index (χ1n) is 7.31. The van der Waals surface area contributed by atoms with Crippen LogP contribution in [-0.2, 0) is 10.9 Å². The van der Waals surface area contributed by atoms with Crippen molar-refractivity contribution in [1.82, 2.24) is 5.43 Å². The monoisotopic (exact) mass is 350 g/mol. The highest BCUT2D eigenvalue weighted by Crippen LogP contribution is 2.38. The van der Waals surface area contributed by atoms with E-state index in [0.29, 0.717) is 5.56 Å². The van der Waals surface area contributed by atoms with Gasteiger partial charge >= 0.3 is 12.3 Å². The van der Waals surface area contributed by atoms with Gasteiger partial charge in [-0.2, -0.15) is 18.3 Å². The zero-order valence-electron chi connectivity index (χ0n) is 13.0. The highest BCUT2D eigenvalue weighted by atomic mass is 19.4. The van der Waals surface area contributed by atoms with Gasteiger partial charge in [0, 0.05) is 5.56 Å². The predicted molar refractivity (Wildman–Crippen MR) is 84.2 cm³/mol. The third kappa shape index (κ3) is 3.42. The second-order valence-corrected chi connectivity index (χ2v) is 5.46. The lowest BCUT2D eigenvalue weighted by atomic mass is 9.94. The van der Waals surface area contributed by atoms with Crippen molar-refractivity contribution >= 4 is 11.8 Å². The fraction of sp³-hybridized carbons (Fsp3) is 0.176. The number of carbonyl (C=O) groups excluding carboxylic acids is 1. The molecule has 1 heterocycles. The summed E-state index contributed by atoms with van der Waals surface area (Å²) >= 11 is 0. The van der Waals surface area contributed by atoms with Crippen LogP contribution in [-0.4, -0.2) is 23.0 Å². The first-order valence-corrected chi connectivity index (χ1v) is 7.31. The maximum absolute atomic E-state index is 13.5. The van der Waals surface area contributed by atoms with E-state index < -0.39 is 23.9 Å². The summed E-state index contributed by atoms with van der Waals surface area (Å²) < 4.78 is 45.5. The summed E-state index contributed by atoms with van der Waals surface area (Å²) in [7, 11) is 0. The van der Waals surface area contributed by atoms with Gasteiger partial charge in [-0.25, -0.2) is 10.2 Å². The molecule has 0 bridgehead atoms. The molecule has 130 valence electrons. The van der Waals surface area contributed by atoms with Crippen LogP contribution in [0.3, 0.4) is 0 Å². The van der Waals surface area contributed by atoms with Crippen LogP contribution < -0.4 is 5.43 Å². The molecule has 8 heteroatoms. The van der Waals surface area contributed by atoms with Crippen molar-refractivity contribution in [3.63, 3.8) is 0 Å². The number of alkyl halides is 3. The number of hydrogen-bond donors (Lipinski definition) is 2. The number of nitrogens with one attached hydrogen (secondary N) is 1. The second-order valence-electron chi connectivity index (χ2n) is 5.46. The molecule has 0 fully saturated rings. The van der Waals surface area contributed by atoms with Gasteiger partial charge in [-0.05, 0) is 36.2 Å². The highest BCUT2D eigenvalue weighted by Gasteiger charge is 2.35. The average molecular weight is 350 g/mol. The molecule has 5 nitrogen and oxygen atoms in total. The van der Waals surface area contributed by atoms with Crippen molar-refractivity contribution in [2.45, 2.75) is 19.2 Å². The van der Waals surface area contributed by atoms with Crippen LogP contribution in [0.15, 0.2) is 47.6 Å². The second kappa shape index (κ2) is 6.12. The fourth-order valence-electron chi connectivity index (χ4n) is 2.57. The molecule has 1 atom stereocenters. The minimum atomic E-state index is -4.59. The Hall–Kier alpha value is -3.03. The molecule has 0 saturated carbocycles. The predicted octanol–water partition coefficient (Wildman–Crippen LogP) is 3.91. The Morgan fingerprint density at radius 3 is 2.36 bits per heavy atom. The molecule has 3 rings (SSSR count). The van der Waals surface area contributed by atoms with E-state index in [0.717, 1.165) is 6.07 Å². The van der Waals surface area contributed by atoms with Crippen LogP contribution in [0.2, 0.25) is 0 Å². The van der Waals surface area contributed by atoms with Gasteiger partial charge in [-0.3, -0.25) is 0 Å². The van der Waals surface area contributed by atoms with E-state index in [2.05, 4.69) is 10.5 Å². The van der Waals surface area contributed by atoms with Crippen molar-refractivity contribution in [3.8, 4) is 16.9 Å². The summed E-state index contributed by atoms with van der Waals surface area (Å²) in [5.74, 6) is -0.0350. The van der Waals surface area contributed by atoms with Crippen LogP contribution in [0.5, 0.6) is 5.75 Å². The van der Waals surface area contributed by atoms with Crippen LogP contribution in [0.1, 0.15) is 18.1 Å². The number of rotatable bonds is 2. The van der Waals surface area contributed by atoms with Crippen molar-refractivity contribution in [1.29, 1.82) is 0 Å². The number of phenolic OH excluding ortho intramolecular Hbond substituents is 1. The normalized spacial score (nSPS) is 17.5. The average Bonchev–Trinajstić information content (AvgIpc) is 2.54. The number of nitrogens with zero attached hydrogens (tertiary/aromatic N) is 1. The van der Waals surface area contributed by atoms with Gasteiger partial charge in [0.15, 0.2) is 0 Å². The number of ether oxygens (including phenoxy) is 1. The SMILES string of the molecule is C[C@@H]1OC(=O)NN=C1c1ccc(-c2ccc(O)cc2)c(C(F)(F)F)c1. The van der Waals surface area contributed by atoms with Crippen molar-refractivity contribution in [3.05, 3.63) is 53.6 Å². The number of carbonyl (C=O) groups is 1. The summed E-state index contributed by atoms with van der Waals surface area (Å²) in [6.45, 7) is 1.53. The number of cyclic esters (lactones) is 1. The smallest absolute Gasteiger partial charge is 0.428 e. The largest absolute Gasteiger partial charge is 0.508 e. The third-order valence-electron chi connectivity index (χ3n) is 3.74. The molecule has 0 saturated heterocycles. The van der Waals surface area contributed by atoms with E-state index in [1.54, 1.807) is 0 Å². The lowest BCUT2D eigenvalue weighted by Crippen LogP contribution is -2.37. The quantitative estimate of drug-likeness (QED) is 0.863. The molecule has 2 aromatic rings. The van der Waals surface area contributed by atoms with Gasteiger partial charge < -0.3 is 9.84 Å².